The number of benzene rings is 2. The summed E-state index contributed by atoms with van der Waals surface area (Å²) in [6, 6.07) is 9.64. The van der Waals surface area contributed by atoms with Crippen LogP contribution in [0.15, 0.2) is 36.4 Å². The molecule has 0 saturated heterocycles. The van der Waals surface area contributed by atoms with Crippen molar-refractivity contribution in [3.63, 3.8) is 0 Å². The van der Waals surface area contributed by atoms with Crippen molar-refractivity contribution in [2.24, 2.45) is 0 Å². The summed E-state index contributed by atoms with van der Waals surface area (Å²) in [5, 5.41) is 5.87. The maximum absolute atomic E-state index is 12.6. The van der Waals surface area contributed by atoms with Crippen molar-refractivity contribution in [1.82, 2.24) is 0 Å². The van der Waals surface area contributed by atoms with Gasteiger partial charge in [-0.25, -0.2) is 0 Å². The Bertz CT molecular complexity index is 856. The lowest BCUT2D eigenvalue weighted by Gasteiger charge is -2.33. The number of carbonyl (C=O) groups excluding carboxylic acids is 2. The first-order valence-corrected chi connectivity index (χ1v) is 8.00. The predicted molar refractivity (Wildman–Crippen MR) is 94.2 cm³/mol. The second kappa shape index (κ2) is 6.16. The van der Waals surface area contributed by atoms with E-state index in [4.69, 9.17) is 39.5 Å². The minimum atomic E-state index is -1.76. The van der Waals surface area contributed by atoms with Gasteiger partial charge >= 0.3 is 0 Å². The maximum atomic E-state index is 12.6. The molecule has 124 valence electrons. The highest BCUT2D eigenvalue weighted by Gasteiger charge is 2.47. The van der Waals surface area contributed by atoms with Gasteiger partial charge in [0.05, 0.1) is 26.4 Å². The molecule has 8 heteroatoms. The summed E-state index contributed by atoms with van der Waals surface area (Å²) < 4.78 is 5.63. The number of halogens is 3. The summed E-state index contributed by atoms with van der Waals surface area (Å²) in [6.45, 7) is 1.37. The van der Waals surface area contributed by atoms with Crippen LogP contribution in [0.5, 0.6) is 5.75 Å². The molecule has 0 saturated carbocycles. The number of fused-ring (bicyclic) bond motifs is 1. The fourth-order valence-electron chi connectivity index (χ4n) is 2.18. The van der Waals surface area contributed by atoms with Gasteiger partial charge in [0, 0.05) is 0 Å². The number of hydrogen-bond donors (Lipinski definition) is 2. The van der Waals surface area contributed by atoms with Gasteiger partial charge in [-0.1, -0.05) is 46.9 Å². The van der Waals surface area contributed by atoms with Crippen molar-refractivity contribution in [3.05, 3.63) is 51.5 Å². The Morgan fingerprint density at radius 3 is 2.54 bits per heavy atom. The molecule has 24 heavy (non-hydrogen) atoms. The Labute approximate surface area is 152 Å². The molecule has 1 atom stereocenters. The van der Waals surface area contributed by atoms with E-state index in [9.17, 15) is 9.59 Å². The molecule has 1 aliphatic heterocycles. The number of nitrogens with one attached hydrogen (secondary N) is 2. The molecule has 2 aromatic carbocycles. The third kappa shape index (κ3) is 2.90. The lowest BCUT2D eigenvalue weighted by atomic mass is 10.0. The quantitative estimate of drug-likeness (QED) is 0.595. The molecule has 2 N–H and O–H groups in total. The van der Waals surface area contributed by atoms with Crippen LogP contribution in [0.3, 0.4) is 0 Å². The second-order valence-corrected chi connectivity index (χ2v) is 6.51. The van der Waals surface area contributed by atoms with Crippen LogP contribution in [-0.4, -0.2) is 17.4 Å². The van der Waals surface area contributed by atoms with Crippen molar-refractivity contribution in [1.29, 1.82) is 0 Å². The lowest BCUT2D eigenvalue weighted by Crippen LogP contribution is -2.56. The van der Waals surface area contributed by atoms with Gasteiger partial charge in [0.1, 0.15) is 5.75 Å². The molecule has 0 radical (unpaired) electrons. The van der Waals surface area contributed by atoms with Gasteiger partial charge in [0.15, 0.2) is 0 Å². The highest BCUT2D eigenvalue weighted by molar-refractivity contribution is 6.44. The van der Waals surface area contributed by atoms with Gasteiger partial charge in [-0.05, 0) is 31.2 Å². The van der Waals surface area contributed by atoms with Gasteiger partial charge in [-0.2, -0.15) is 0 Å². The molecule has 0 spiro atoms. The number of hydrogen-bond acceptors (Lipinski definition) is 3. The second-order valence-electron chi connectivity index (χ2n) is 5.29. The maximum Gasteiger partial charge on any atom is 0.278 e. The van der Waals surface area contributed by atoms with Crippen molar-refractivity contribution in [2.45, 2.75) is 12.5 Å². The van der Waals surface area contributed by atoms with E-state index >= 15 is 0 Å². The molecule has 0 bridgehead atoms. The molecule has 3 rings (SSSR count). The highest BCUT2D eigenvalue weighted by atomic mass is 35.5. The van der Waals surface area contributed by atoms with E-state index < -0.39 is 17.4 Å². The van der Waals surface area contributed by atoms with Crippen LogP contribution in [0.1, 0.15) is 6.92 Å². The van der Waals surface area contributed by atoms with Crippen LogP contribution in [0, 0.1) is 0 Å². The fraction of sp³-hybridized carbons (Fsp3) is 0.125. The van der Waals surface area contributed by atoms with Crippen LogP contribution in [-0.2, 0) is 9.59 Å². The number of carbonyl (C=O) groups is 2. The van der Waals surface area contributed by atoms with E-state index in [1.54, 1.807) is 24.3 Å². The van der Waals surface area contributed by atoms with Gasteiger partial charge in [0.25, 0.3) is 17.4 Å². The van der Waals surface area contributed by atoms with E-state index in [2.05, 4.69) is 10.6 Å². The van der Waals surface area contributed by atoms with E-state index in [-0.39, 0.29) is 20.8 Å². The zero-order chi connectivity index (χ0) is 17.5. The molecule has 5 nitrogen and oxygen atoms in total. The van der Waals surface area contributed by atoms with Crippen LogP contribution in [0.4, 0.5) is 11.4 Å². The largest absolute Gasteiger partial charge is 0.466 e. The number of para-hydroxylation sites is 2. The summed E-state index contributed by atoms with van der Waals surface area (Å²) in [6.07, 6.45) is 0. The van der Waals surface area contributed by atoms with Crippen molar-refractivity contribution in [3.8, 4) is 5.75 Å². The normalized spacial score (nSPS) is 19.1. The van der Waals surface area contributed by atoms with Crippen LogP contribution in [0.25, 0.3) is 0 Å². The zero-order valence-corrected chi connectivity index (χ0v) is 14.6. The summed E-state index contributed by atoms with van der Waals surface area (Å²) in [5.74, 6) is -0.875. The number of anilines is 2. The van der Waals surface area contributed by atoms with Gasteiger partial charge in [-0.3, -0.25) is 9.59 Å². The Balaban J connectivity index is 1.90. The summed E-state index contributed by atoms with van der Waals surface area (Å²) in [7, 11) is 0. The third-order valence-corrected chi connectivity index (χ3v) is 4.61. The minimum Gasteiger partial charge on any atom is -0.466 e. The predicted octanol–water partition coefficient (Wildman–Crippen LogP) is 4.38. The lowest BCUT2D eigenvalue weighted by molar-refractivity contribution is -0.143. The number of ether oxygens (including phenoxy) is 1. The zero-order valence-electron chi connectivity index (χ0n) is 12.3. The molecule has 1 aliphatic rings. The first-order chi connectivity index (χ1) is 11.3. The Morgan fingerprint density at radius 2 is 1.79 bits per heavy atom. The summed E-state index contributed by atoms with van der Waals surface area (Å²) in [5.41, 5.74) is -1.03. The first-order valence-electron chi connectivity index (χ1n) is 6.87. The van der Waals surface area contributed by atoms with Gasteiger partial charge in [-0.15, -0.1) is 0 Å². The van der Waals surface area contributed by atoms with Crippen LogP contribution < -0.4 is 15.4 Å². The van der Waals surface area contributed by atoms with E-state index in [1.807, 2.05) is 0 Å². The Kier molecular flexibility index (Phi) is 4.34. The average molecular weight is 386 g/mol. The number of rotatable bonds is 2. The topological polar surface area (TPSA) is 67.4 Å². The SMILES string of the molecule is CC1(C(=O)Nc2cc(Cl)c(Cl)cc2Cl)Oc2ccccc2NC1=O. The monoisotopic (exact) mass is 384 g/mol. The molecule has 2 aromatic rings. The van der Waals surface area contributed by atoms with Crippen molar-refractivity contribution >= 4 is 58.0 Å². The third-order valence-electron chi connectivity index (χ3n) is 3.57. The molecule has 0 aromatic heterocycles. The molecule has 0 fully saturated rings. The van der Waals surface area contributed by atoms with Crippen LogP contribution >= 0.6 is 34.8 Å². The van der Waals surface area contributed by atoms with Crippen LogP contribution in [0.2, 0.25) is 15.1 Å². The molecule has 2 amide bonds. The summed E-state index contributed by atoms with van der Waals surface area (Å²) >= 11 is 17.8. The van der Waals surface area contributed by atoms with E-state index in [0.29, 0.717) is 11.4 Å². The molecule has 1 unspecified atom stereocenters. The van der Waals surface area contributed by atoms with Crippen molar-refractivity contribution < 1.29 is 14.3 Å². The fourth-order valence-corrected chi connectivity index (χ4v) is 2.77. The molecular formula is C16H11Cl3N2O3. The standard InChI is InChI=1S/C16H11Cl3N2O3/c1-16(14(22)20-11-4-2-3-5-13(11)24-16)15(23)21-12-7-9(18)8(17)6-10(12)19/h2-7H,1H3,(H,20,22)(H,21,23). The van der Waals surface area contributed by atoms with E-state index in [1.165, 1.54) is 19.1 Å². The smallest absolute Gasteiger partial charge is 0.278 e. The molecular weight excluding hydrogens is 375 g/mol. The molecule has 1 heterocycles. The summed E-state index contributed by atoms with van der Waals surface area (Å²) in [4.78, 5) is 25.0. The van der Waals surface area contributed by atoms with Crippen molar-refractivity contribution in [2.75, 3.05) is 10.6 Å². The molecule has 0 aliphatic carbocycles. The van der Waals surface area contributed by atoms with Gasteiger partial charge < -0.3 is 15.4 Å². The Hall–Kier alpha value is -1.95. The Morgan fingerprint density at radius 1 is 1.12 bits per heavy atom. The average Bonchev–Trinajstić information content (AvgIpc) is 2.53. The first kappa shape index (κ1) is 16.9. The van der Waals surface area contributed by atoms with E-state index in [0.717, 1.165) is 0 Å². The van der Waals surface area contributed by atoms with Gasteiger partial charge in [0.2, 0.25) is 0 Å². The highest BCUT2D eigenvalue weighted by Crippen LogP contribution is 2.36. The minimum absolute atomic E-state index is 0.193. The number of amides is 2.